The van der Waals surface area contributed by atoms with Crippen LogP contribution in [0.3, 0.4) is 0 Å². The van der Waals surface area contributed by atoms with Crippen molar-refractivity contribution in [1.29, 1.82) is 0 Å². The van der Waals surface area contributed by atoms with Gasteiger partial charge in [0.15, 0.2) is 0 Å². The third-order valence-electron chi connectivity index (χ3n) is 2.54. The Kier molecular flexibility index (Phi) is 4.57. The Balaban J connectivity index is 2.46. The number of hydrogen-bond donors (Lipinski definition) is 1. The van der Waals surface area contributed by atoms with Gasteiger partial charge in [0.25, 0.3) is 0 Å². The molecule has 0 amide bonds. The molecule has 1 N–H and O–H groups in total. The number of benzene rings is 1. The first-order valence-corrected chi connectivity index (χ1v) is 5.54. The van der Waals surface area contributed by atoms with Gasteiger partial charge < -0.3 is 5.32 Å². The topological polar surface area (TPSA) is 12.0 Å². The molecular weight excluding hydrogens is 182 g/mol. The fourth-order valence-electron chi connectivity index (χ4n) is 1.56. The van der Waals surface area contributed by atoms with Crippen LogP contribution < -0.4 is 5.32 Å². The summed E-state index contributed by atoms with van der Waals surface area (Å²) < 4.78 is 0. The molecule has 0 bridgehead atoms. The molecule has 82 valence electrons. The Labute approximate surface area is 93.2 Å². The van der Waals surface area contributed by atoms with Gasteiger partial charge in [0.1, 0.15) is 0 Å². The Morgan fingerprint density at radius 2 is 2.20 bits per heavy atom. The van der Waals surface area contributed by atoms with Gasteiger partial charge in [-0.2, -0.15) is 0 Å². The van der Waals surface area contributed by atoms with Gasteiger partial charge in [-0.15, -0.1) is 6.58 Å². The fraction of sp³-hybridized carbons (Fsp3) is 0.429. The van der Waals surface area contributed by atoms with Crippen molar-refractivity contribution in [2.75, 3.05) is 6.54 Å². The van der Waals surface area contributed by atoms with Gasteiger partial charge in [0.2, 0.25) is 0 Å². The maximum Gasteiger partial charge on any atom is 0.0292 e. The summed E-state index contributed by atoms with van der Waals surface area (Å²) in [6, 6.07) is 9.07. The molecule has 15 heavy (non-hydrogen) atoms. The molecule has 1 aromatic rings. The summed E-state index contributed by atoms with van der Waals surface area (Å²) in [7, 11) is 0. The van der Waals surface area contributed by atoms with Gasteiger partial charge in [-0.25, -0.2) is 0 Å². The third kappa shape index (κ3) is 4.30. The van der Waals surface area contributed by atoms with Gasteiger partial charge in [-0.1, -0.05) is 35.4 Å². The molecule has 0 spiro atoms. The molecule has 0 aliphatic rings. The van der Waals surface area contributed by atoms with Crippen LogP contribution in [0.2, 0.25) is 0 Å². The van der Waals surface area contributed by atoms with Gasteiger partial charge >= 0.3 is 0 Å². The summed E-state index contributed by atoms with van der Waals surface area (Å²) >= 11 is 0. The van der Waals surface area contributed by atoms with Crippen LogP contribution in [0, 0.1) is 6.92 Å². The Morgan fingerprint density at radius 3 is 2.80 bits per heavy atom. The smallest absolute Gasteiger partial charge is 0.0292 e. The second-order valence-electron chi connectivity index (χ2n) is 4.30. The molecule has 0 unspecified atom stereocenters. The lowest BCUT2D eigenvalue weighted by Crippen LogP contribution is -2.19. The summed E-state index contributed by atoms with van der Waals surface area (Å²) in [6.07, 6.45) is 1.05. The van der Waals surface area contributed by atoms with E-state index in [1.807, 2.05) is 0 Å². The van der Waals surface area contributed by atoms with Crippen LogP contribution in [0.5, 0.6) is 0 Å². The predicted octanol–water partition coefficient (Wildman–Crippen LogP) is 3.61. The molecule has 1 nitrogen and oxygen atoms in total. The van der Waals surface area contributed by atoms with Crippen molar-refractivity contribution in [3.8, 4) is 0 Å². The summed E-state index contributed by atoms with van der Waals surface area (Å²) in [4.78, 5) is 0. The maximum absolute atomic E-state index is 3.90. The third-order valence-corrected chi connectivity index (χ3v) is 2.54. The zero-order chi connectivity index (χ0) is 11.3. The van der Waals surface area contributed by atoms with Crippen LogP contribution in [0.25, 0.3) is 0 Å². The van der Waals surface area contributed by atoms with Gasteiger partial charge in [0.05, 0.1) is 0 Å². The lowest BCUT2D eigenvalue weighted by molar-refractivity contribution is 0.576. The van der Waals surface area contributed by atoms with Gasteiger partial charge in [-0.3, -0.25) is 0 Å². The summed E-state index contributed by atoms with van der Waals surface area (Å²) in [6.45, 7) is 11.3. The standard InChI is InChI=1S/C14H21N/c1-11(2)8-9-15-13(4)14-7-5-6-12(3)10-14/h5-7,10,13,15H,1,8-9H2,2-4H3/t13-/m0/s1. The predicted molar refractivity (Wildman–Crippen MR) is 67.0 cm³/mol. The Morgan fingerprint density at radius 1 is 1.47 bits per heavy atom. The van der Waals surface area contributed by atoms with Crippen molar-refractivity contribution in [2.24, 2.45) is 0 Å². The van der Waals surface area contributed by atoms with Crippen LogP contribution in [0.15, 0.2) is 36.4 Å². The normalized spacial score (nSPS) is 12.5. The van der Waals surface area contributed by atoms with E-state index in [-0.39, 0.29) is 0 Å². The first kappa shape index (κ1) is 12.0. The zero-order valence-corrected chi connectivity index (χ0v) is 10.0. The molecule has 1 atom stereocenters. The van der Waals surface area contributed by atoms with E-state index in [9.17, 15) is 0 Å². The number of nitrogens with one attached hydrogen (secondary N) is 1. The molecule has 0 saturated heterocycles. The van der Waals surface area contributed by atoms with Crippen molar-refractivity contribution < 1.29 is 0 Å². The van der Waals surface area contributed by atoms with Crippen LogP contribution in [0.1, 0.15) is 37.4 Å². The second-order valence-corrected chi connectivity index (χ2v) is 4.30. The van der Waals surface area contributed by atoms with E-state index in [4.69, 9.17) is 0 Å². The van der Waals surface area contributed by atoms with Crippen LogP contribution in [-0.2, 0) is 0 Å². The van der Waals surface area contributed by atoms with Crippen LogP contribution in [-0.4, -0.2) is 6.54 Å². The fourth-order valence-corrected chi connectivity index (χ4v) is 1.56. The largest absolute Gasteiger partial charge is 0.310 e. The van der Waals surface area contributed by atoms with Crippen molar-refractivity contribution >= 4 is 0 Å². The molecule has 0 aliphatic heterocycles. The van der Waals surface area contributed by atoms with Crippen molar-refractivity contribution in [3.63, 3.8) is 0 Å². The first-order valence-electron chi connectivity index (χ1n) is 5.54. The minimum atomic E-state index is 0.421. The van der Waals surface area contributed by atoms with E-state index in [1.54, 1.807) is 0 Å². The van der Waals surface area contributed by atoms with Gasteiger partial charge in [-0.05, 0) is 39.3 Å². The summed E-state index contributed by atoms with van der Waals surface area (Å²) in [5.74, 6) is 0. The molecule has 0 aromatic heterocycles. The van der Waals surface area contributed by atoms with Crippen molar-refractivity contribution in [1.82, 2.24) is 5.32 Å². The molecule has 1 heteroatoms. The molecule has 0 saturated carbocycles. The molecule has 0 aliphatic carbocycles. The quantitative estimate of drug-likeness (QED) is 0.721. The summed E-state index contributed by atoms with van der Waals surface area (Å²) in [5, 5.41) is 3.50. The summed E-state index contributed by atoms with van der Waals surface area (Å²) in [5.41, 5.74) is 3.91. The van der Waals surface area contributed by atoms with E-state index < -0.39 is 0 Å². The highest BCUT2D eigenvalue weighted by Gasteiger charge is 2.03. The molecule has 0 heterocycles. The average Bonchev–Trinajstić information content (AvgIpc) is 2.17. The lowest BCUT2D eigenvalue weighted by Gasteiger charge is -2.14. The minimum absolute atomic E-state index is 0.421. The highest BCUT2D eigenvalue weighted by Crippen LogP contribution is 2.13. The number of hydrogen-bond acceptors (Lipinski definition) is 1. The average molecular weight is 203 g/mol. The monoisotopic (exact) mass is 203 g/mol. The molecule has 0 radical (unpaired) electrons. The zero-order valence-electron chi connectivity index (χ0n) is 10.0. The lowest BCUT2D eigenvalue weighted by atomic mass is 10.1. The van der Waals surface area contributed by atoms with E-state index in [0.29, 0.717) is 6.04 Å². The molecule has 1 rings (SSSR count). The van der Waals surface area contributed by atoms with Crippen LogP contribution in [0.4, 0.5) is 0 Å². The van der Waals surface area contributed by atoms with E-state index >= 15 is 0 Å². The highest BCUT2D eigenvalue weighted by atomic mass is 14.9. The Hall–Kier alpha value is -1.08. The van der Waals surface area contributed by atoms with Gasteiger partial charge in [0, 0.05) is 6.04 Å². The van der Waals surface area contributed by atoms with Crippen molar-refractivity contribution in [3.05, 3.63) is 47.5 Å². The van der Waals surface area contributed by atoms with Crippen molar-refractivity contribution in [2.45, 2.75) is 33.2 Å². The number of aryl methyl sites for hydroxylation is 1. The van der Waals surface area contributed by atoms with Crippen LogP contribution >= 0.6 is 0 Å². The Bertz CT molecular complexity index is 328. The SMILES string of the molecule is C=C(C)CCN[C@@H](C)c1cccc(C)c1. The number of rotatable bonds is 5. The molecular formula is C14H21N. The van der Waals surface area contributed by atoms with E-state index in [0.717, 1.165) is 13.0 Å². The minimum Gasteiger partial charge on any atom is -0.310 e. The molecule has 0 fully saturated rings. The van der Waals surface area contributed by atoms with E-state index in [1.165, 1.54) is 16.7 Å². The second kappa shape index (κ2) is 5.72. The van der Waals surface area contributed by atoms with E-state index in [2.05, 4.69) is 56.9 Å². The first-order chi connectivity index (χ1) is 7.09. The maximum atomic E-state index is 3.90. The molecule has 1 aromatic carbocycles. The highest BCUT2D eigenvalue weighted by molar-refractivity contribution is 5.24.